The van der Waals surface area contributed by atoms with Crippen LogP contribution in [0.25, 0.3) is 0 Å². The van der Waals surface area contributed by atoms with Crippen molar-refractivity contribution in [1.29, 1.82) is 0 Å². The van der Waals surface area contributed by atoms with E-state index >= 15 is 0 Å². The molecule has 110 valence electrons. The molecule has 0 aliphatic rings. The smallest absolute Gasteiger partial charge is 0.131 e. The van der Waals surface area contributed by atoms with E-state index in [1.165, 1.54) is 5.57 Å². The van der Waals surface area contributed by atoms with Crippen LogP contribution in [-0.2, 0) is 0 Å². The van der Waals surface area contributed by atoms with Crippen LogP contribution >= 0.6 is 0 Å². The molecule has 21 heavy (non-hydrogen) atoms. The fourth-order valence-corrected chi connectivity index (χ4v) is 1.85. The van der Waals surface area contributed by atoms with Gasteiger partial charge in [0.05, 0.1) is 5.70 Å². The molecule has 0 spiro atoms. The van der Waals surface area contributed by atoms with Crippen molar-refractivity contribution in [2.75, 3.05) is 0 Å². The van der Waals surface area contributed by atoms with Crippen molar-refractivity contribution >= 4 is 5.84 Å². The molecule has 0 saturated heterocycles. The van der Waals surface area contributed by atoms with Crippen LogP contribution < -0.4 is 5.73 Å². The average molecular weight is 280 g/mol. The normalized spacial score (nSPS) is 14.2. The number of nitrogens with two attached hydrogens (primary N) is 1. The Balaban J connectivity index is 3.28. The van der Waals surface area contributed by atoms with Gasteiger partial charge in [0.2, 0.25) is 0 Å². The number of aliphatic imine (C=N–C) groups is 1. The Morgan fingerprint density at radius 3 is 2.48 bits per heavy atom. The molecule has 1 aromatic carbocycles. The van der Waals surface area contributed by atoms with E-state index in [4.69, 9.17) is 5.73 Å². The van der Waals surface area contributed by atoms with Crippen molar-refractivity contribution in [3.8, 4) is 0 Å². The SMILES string of the molecule is C=C/C=C\C(=C/C)C(N=C(N)c1ccccc1)=C(C)CC. The number of benzene rings is 1. The van der Waals surface area contributed by atoms with Crippen molar-refractivity contribution in [3.05, 3.63) is 83.6 Å². The van der Waals surface area contributed by atoms with Crippen LogP contribution in [-0.4, -0.2) is 5.84 Å². The summed E-state index contributed by atoms with van der Waals surface area (Å²) in [5.41, 5.74) is 10.3. The van der Waals surface area contributed by atoms with Gasteiger partial charge in [-0.25, -0.2) is 4.99 Å². The third-order valence-corrected chi connectivity index (χ3v) is 3.23. The van der Waals surface area contributed by atoms with Gasteiger partial charge < -0.3 is 5.73 Å². The molecule has 1 rings (SSSR count). The second-order valence-corrected chi connectivity index (χ2v) is 4.68. The lowest BCUT2D eigenvalue weighted by molar-refractivity contribution is 1.05. The average Bonchev–Trinajstić information content (AvgIpc) is 2.54. The highest BCUT2D eigenvalue weighted by atomic mass is 14.9. The van der Waals surface area contributed by atoms with Crippen LogP contribution in [0.15, 0.2) is 83.1 Å². The van der Waals surface area contributed by atoms with E-state index in [-0.39, 0.29) is 0 Å². The molecule has 0 amide bonds. The summed E-state index contributed by atoms with van der Waals surface area (Å²) in [6.45, 7) is 9.91. The minimum atomic E-state index is 0.532. The molecule has 0 fully saturated rings. The first-order chi connectivity index (χ1) is 10.1. The van der Waals surface area contributed by atoms with Gasteiger partial charge in [-0.1, -0.05) is 68.1 Å². The third-order valence-electron chi connectivity index (χ3n) is 3.23. The lowest BCUT2D eigenvalue weighted by Crippen LogP contribution is -2.14. The van der Waals surface area contributed by atoms with Crippen LogP contribution in [0.4, 0.5) is 0 Å². The first kappa shape index (κ1) is 16.7. The van der Waals surface area contributed by atoms with Crippen LogP contribution in [0.1, 0.15) is 32.8 Å². The summed E-state index contributed by atoms with van der Waals surface area (Å²) in [5, 5.41) is 0. The minimum absolute atomic E-state index is 0.532. The van der Waals surface area contributed by atoms with E-state index in [1.807, 2.05) is 55.5 Å². The van der Waals surface area contributed by atoms with Crippen molar-refractivity contribution in [3.63, 3.8) is 0 Å². The Morgan fingerprint density at radius 2 is 1.95 bits per heavy atom. The standard InChI is InChI=1S/C19H24N2/c1-5-8-12-16(7-3)18(15(4)6-2)21-19(20)17-13-10-9-11-14-17/h5,7-14H,1,6H2,2-4H3,(H2,20,21)/b12-8-,16-7+,18-15?. The maximum Gasteiger partial charge on any atom is 0.131 e. The summed E-state index contributed by atoms with van der Waals surface area (Å²) in [6.07, 6.45) is 8.64. The summed E-state index contributed by atoms with van der Waals surface area (Å²) in [7, 11) is 0. The quantitative estimate of drug-likeness (QED) is 0.455. The lowest BCUT2D eigenvalue weighted by Gasteiger charge is -2.10. The van der Waals surface area contributed by atoms with Crippen LogP contribution in [0.3, 0.4) is 0 Å². The van der Waals surface area contributed by atoms with E-state index in [0.29, 0.717) is 5.84 Å². The lowest BCUT2D eigenvalue weighted by atomic mass is 10.0. The zero-order chi connectivity index (χ0) is 15.7. The second kappa shape index (κ2) is 8.75. The van der Waals surface area contributed by atoms with Gasteiger partial charge in [0.1, 0.15) is 5.84 Å². The predicted molar refractivity (Wildman–Crippen MR) is 93.3 cm³/mol. The molecule has 2 heteroatoms. The summed E-state index contributed by atoms with van der Waals surface area (Å²) in [6, 6.07) is 9.82. The first-order valence-corrected chi connectivity index (χ1v) is 7.19. The van der Waals surface area contributed by atoms with Gasteiger partial charge in [0.25, 0.3) is 0 Å². The number of nitrogens with zero attached hydrogens (tertiary/aromatic N) is 1. The second-order valence-electron chi connectivity index (χ2n) is 4.68. The van der Waals surface area contributed by atoms with E-state index in [9.17, 15) is 0 Å². The largest absolute Gasteiger partial charge is 0.383 e. The number of hydrogen-bond acceptors (Lipinski definition) is 1. The highest BCUT2D eigenvalue weighted by Gasteiger charge is 2.06. The monoisotopic (exact) mass is 280 g/mol. The number of rotatable bonds is 6. The van der Waals surface area contributed by atoms with Gasteiger partial charge >= 0.3 is 0 Å². The van der Waals surface area contributed by atoms with Gasteiger partial charge in [-0.05, 0) is 31.4 Å². The van der Waals surface area contributed by atoms with Gasteiger partial charge in [0, 0.05) is 5.56 Å². The van der Waals surface area contributed by atoms with E-state index in [2.05, 4.69) is 25.4 Å². The molecular weight excluding hydrogens is 256 g/mol. The molecule has 2 nitrogen and oxygen atoms in total. The zero-order valence-electron chi connectivity index (χ0n) is 13.1. The van der Waals surface area contributed by atoms with Crippen molar-refractivity contribution in [2.45, 2.75) is 27.2 Å². The van der Waals surface area contributed by atoms with Crippen molar-refractivity contribution in [1.82, 2.24) is 0 Å². The number of allylic oxidation sites excluding steroid dienone is 5. The molecule has 1 aromatic rings. The summed E-state index contributed by atoms with van der Waals surface area (Å²) in [4.78, 5) is 4.66. The molecule has 0 aliphatic heterocycles. The van der Waals surface area contributed by atoms with Gasteiger partial charge in [-0.15, -0.1) is 0 Å². The highest BCUT2D eigenvalue weighted by molar-refractivity contribution is 5.98. The summed E-state index contributed by atoms with van der Waals surface area (Å²) < 4.78 is 0. The third kappa shape index (κ3) is 4.92. The molecule has 0 saturated carbocycles. The van der Waals surface area contributed by atoms with Gasteiger partial charge in [-0.3, -0.25) is 0 Å². The Bertz CT molecular complexity index is 587. The molecule has 0 heterocycles. The van der Waals surface area contributed by atoms with Gasteiger partial charge in [-0.2, -0.15) is 0 Å². The molecule has 2 N–H and O–H groups in total. The van der Waals surface area contributed by atoms with Crippen LogP contribution in [0.5, 0.6) is 0 Å². The summed E-state index contributed by atoms with van der Waals surface area (Å²) >= 11 is 0. The number of amidine groups is 1. The molecule has 0 unspecified atom stereocenters. The fraction of sp³-hybridized carbons (Fsp3) is 0.211. The van der Waals surface area contributed by atoms with Crippen LogP contribution in [0, 0.1) is 0 Å². The zero-order valence-corrected chi connectivity index (χ0v) is 13.1. The highest BCUT2D eigenvalue weighted by Crippen LogP contribution is 2.21. The molecule has 0 aliphatic carbocycles. The Kier molecular flexibility index (Phi) is 6.96. The Hall–Kier alpha value is -2.35. The molecule has 0 radical (unpaired) electrons. The number of hydrogen-bond donors (Lipinski definition) is 1. The Labute approximate surface area is 128 Å². The van der Waals surface area contributed by atoms with Gasteiger partial charge in [0.15, 0.2) is 0 Å². The summed E-state index contributed by atoms with van der Waals surface area (Å²) in [5.74, 6) is 0.532. The van der Waals surface area contributed by atoms with E-state index in [0.717, 1.165) is 23.3 Å². The fourth-order valence-electron chi connectivity index (χ4n) is 1.85. The Morgan fingerprint density at radius 1 is 1.29 bits per heavy atom. The topological polar surface area (TPSA) is 38.4 Å². The minimum Gasteiger partial charge on any atom is -0.383 e. The molecular formula is C19H24N2. The predicted octanol–water partition coefficient (Wildman–Crippen LogP) is 4.76. The van der Waals surface area contributed by atoms with E-state index < -0.39 is 0 Å². The molecule has 0 bridgehead atoms. The van der Waals surface area contributed by atoms with Crippen LogP contribution in [0.2, 0.25) is 0 Å². The maximum atomic E-state index is 6.15. The molecule has 0 aromatic heterocycles. The van der Waals surface area contributed by atoms with Crippen molar-refractivity contribution in [2.24, 2.45) is 10.7 Å². The van der Waals surface area contributed by atoms with E-state index in [1.54, 1.807) is 6.08 Å². The van der Waals surface area contributed by atoms with Crippen molar-refractivity contribution < 1.29 is 0 Å². The molecule has 0 atom stereocenters. The first-order valence-electron chi connectivity index (χ1n) is 7.19. The maximum absolute atomic E-state index is 6.15.